The zero-order valence-corrected chi connectivity index (χ0v) is 19.9. The second-order valence-corrected chi connectivity index (χ2v) is 9.85. The second-order valence-electron chi connectivity index (χ2n) is 9.05. The maximum atomic E-state index is 11.3. The van der Waals surface area contributed by atoms with E-state index >= 15 is 0 Å². The highest BCUT2D eigenvalue weighted by Crippen LogP contribution is 2.45. The molecular weight excluding hydrogens is 454 g/mol. The van der Waals surface area contributed by atoms with E-state index in [4.69, 9.17) is 23.8 Å². The largest absolute Gasteiger partial charge is 0.371 e. The number of benzene rings is 2. The molecule has 4 aromatic rings. The van der Waals surface area contributed by atoms with E-state index in [1.54, 1.807) is 12.5 Å². The fraction of sp³-hybridized carbons (Fsp3) is 0.280. The van der Waals surface area contributed by atoms with E-state index in [1.807, 2.05) is 33.9 Å². The SMILES string of the molecule is CC(C)N1C(=S)N2C(c3ccc(-n4ccnc4)cc3)c3[nH]c4ccc(Cl)cc4c3CC2C1O. The fourth-order valence-electron chi connectivity index (χ4n) is 5.36. The number of hydrogen-bond acceptors (Lipinski definition) is 3. The van der Waals surface area contributed by atoms with E-state index in [-0.39, 0.29) is 18.1 Å². The molecule has 3 atom stereocenters. The van der Waals surface area contributed by atoms with Crippen LogP contribution in [-0.2, 0) is 6.42 Å². The van der Waals surface area contributed by atoms with Crippen LogP contribution in [-0.4, -0.2) is 52.9 Å². The van der Waals surface area contributed by atoms with Gasteiger partial charge in [-0.05, 0) is 73.9 Å². The minimum absolute atomic E-state index is 0.104. The molecule has 0 aliphatic carbocycles. The third-order valence-corrected chi connectivity index (χ3v) is 7.52. The first kappa shape index (κ1) is 20.7. The molecule has 0 amide bonds. The lowest BCUT2D eigenvalue weighted by atomic mass is 9.88. The smallest absolute Gasteiger partial charge is 0.175 e. The highest BCUT2D eigenvalue weighted by atomic mass is 35.5. The van der Waals surface area contributed by atoms with Crippen molar-refractivity contribution in [2.75, 3.05) is 0 Å². The van der Waals surface area contributed by atoms with Crippen LogP contribution in [0.5, 0.6) is 0 Å². The van der Waals surface area contributed by atoms with Gasteiger partial charge >= 0.3 is 0 Å². The van der Waals surface area contributed by atoms with Crippen LogP contribution in [0.1, 0.15) is 36.7 Å². The number of rotatable bonds is 3. The van der Waals surface area contributed by atoms with Crippen molar-refractivity contribution in [3.63, 3.8) is 0 Å². The predicted molar refractivity (Wildman–Crippen MR) is 134 cm³/mol. The molecule has 2 aliphatic rings. The lowest BCUT2D eigenvalue weighted by Crippen LogP contribution is -2.45. The number of aromatic amines is 1. The Kier molecular flexibility index (Phi) is 4.76. The second kappa shape index (κ2) is 7.58. The zero-order chi connectivity index (χ0) is 22.9. The molecule has 0 bridgehead atoms. The van der Waals surface area contributed by atoms with Gasteiger partial charge in [-0.1, -0.05) is 23.7 Å². The standard InChI is InChI=1S/C25H24ClN5OS/c1-14(2)30-24(32)21-12-19-18-11-16(26)5-8-20(18)28-22(19)23(31(21)25(30)33)15-3-6-17(7-4-15)29-10-9-27-13-29/h3-11,13-14,21,23-24,28,32H,12H2,1-2H3. The van der Waals surface area contributed by atoms with Crippen molar-refractivity contribution in [2.45, 2.75) is 44.6 Å². The van der Waals surface area contributed by atoms with Gasteiger partial charge in [-0.3, -0.25) is 0 Å². The number of imidazole rings is 1. The molecule has 4 heterocycles. The number of aliphatic hydroxyl groups is 1. The summed E-state index contributed by atoms with van der Waals surface area (Å²) in [7, 11) is 0. The first-order valence-corrected chi connectivity index (χ1v) is 11.9. The quantitative estimate of drug-likeness (QED) is 0.420. The Morgan fingerprint density at radius 1 is 1.18 bits per heavy atom. The minimum atomic E-state index is -0.664. The van der Waals surface area contributed by atoms with Gasteiger partial charge < -0.3 is 24.5 Å². The van der Waals surface area contributed by atoms with Crippen LogP contribution in [0.2, 0.25) is 5.02 Å². The van der Waals surface area contributed by atoms with Crippen LogP contribution in [0.4, 0.5) is 0 Å². The number of H-pyrrole nitrogens is 1. The van der Waals surface area contributed by atoms with E-state index in [9.17, 15) is 5.11 Å². The first-order chi connectivity index (χ1) is 15.9. The molecular formula is C25H24ClN5OS. The number of nitrogens with zero attached hydrogens (tertiary/aromatic N) is 4. The number of aliphatic hydroxyl groups excluding tert-OH is 1. The molecule has 0 saturated carbocycles. The van der Waals surface area contributed by atoms with Gasteiger partial charge in [0.15, 0.2) is 5.11 Å². The van der Waals surface area contributed by atoms with Crippen LogP contribution >= 0.6 is 23.8 Å². The van der Waals surface area contributed by atoms with Crippen LogP contribution in [0.15, 0.2) is 61.2 Å². The summed E-state index contributed by atoms with van der Waals surface area (Å²) in [4.78, 5) is 12.0. The van der Waals surface area contributed by atoms with Gasteiger partial charge in [-0.2, -0.15) is 0 Å². The van der Waals surface area contributed by atoms with Crippen LogP contribution < -0.4 is 0 Å². The molecule has 2 aromatic carbocycles. The average molecular weight is 478 g/mol. The van der Waals surface area contributed by atoms with E-state index in [0.717, 1.165) is 27.8 Å². The van der Waals surface area contributed by atoms with Crippen LogP contribution in [0.25, 0.3) is 16.6 Å². The van der Waals surface area contributed by atoms with E-state index in [1.165, 1.54) is 5.56 Å². The van der Waals surface area contributed by atoms with Crippen molar-refractivity contribution < 1.29 is 5.11 Å². The molecule has 168 valence electrons. The molecule has 1 saturated heterocycles. The third-order valence-electron chi connectivity index (χ3n) is 6.86. The monoisotopic (exact) mass is 477 g/mol. The normalized spacial score (nSPS) is 22.3. The van der Waals surface area contributed by atoms with Gasteiger partial charge in [0, 0.05) is 45.7 Å². The maximum absolute atomic E-state index is 11.3. The van der Waals surface area contributed by atoms with Gasteiger partial charge in [0.25, 0.3) is 0 Å². The van der Waals surface area contributed by atoms with Crippen molar-refractivity contribution >= 4 is 39.8 Å². The molecule has 6 nitrogen and oxygen atoms in total. The van der Waals surface area contributed by atoms with Crippen LogP contribution in [0.3, 0.4) is 0 Å². The third kappa shape index (κ3) is 3.10. The highest BCUT2D eigenvalue weighted by Gasteiger charge is 2.50. The fourth-order valence-corrected chi connectivity index (χ4v) is 6.09. The molecule has 0 radical (unpaired) electrons. The molecule has 8 heteroatoms. The average Bonchev–Trinajstić information content (AvgIpc) is 3.51. The lowest BCUT2D eigenvalue weighted by Gasteiger charge is -2.38. The Morgan fingerprint density at radius 2 is 1.97 bits per heavy atom. The Labute approximate surface area is 202 Å². The van der Waals surface area contributed by atoms with Crippen molar-refractivity contribution in [1.82, 2.24) is 24.3 Å². The van der Waals surface area contributed by atoms with Crippen molar-refractivity contribution in [1.29, 1.82) is 0 Å². The lowest BCUT2D eigenvalue weighted by molar-refractivity contribution is 0.0170. The van der Waals surface area contributed by atoms with E-state index in [0.29, 0.717) is 16.6 Å². The number of hydrogen-bond donors (Lipinski definition) is 2. The Balaban J connectivity index is 1.52. The summed E-state index contributed by atoms with van der Waals surface area (Å²) in [5.41, 5.74) is 5.51. The maximum Gasteiger partial charge on any atom is 0.175 e. The van der Waals surface area contributed by atoms with Crippen molar-refractivity contribution in [3.8, 4) is 5.69 Å². The van der Waals surface area contributed by atoms with Crippen molar-refractivity contribution in [2.24, 2.45) is 0 Å². The summed E-state index contributed by atoms with van der Waals surface area (Å²) in [6, 6.07) is 14.2. The first-order valence-electron chi connectivity index (χ1n) is 11.1. The zero-order valence-electron chi connectivity index (χ0n) is 18.3. The summed E-state index contributed by atoms with van der Waals surface area (Å²) in [6.07, 6.45) is 5.52. The topological polar surface area (TPSA) is 60.3 Å². The van der Waals surface area contributed by atoms with Gasteiger partial charge in [-0.25, -0.2) is 4.98 Å². The molecule has 2 aromatic heterocycles. The molecule has 33 heavy (non-hydrogen) atoms. The Bertz CT molecular complexity index is 1350. The van der Waals surface area contributed by atoms with Gasteiger partial charge in [0.1, 0.15) is 6.23 Å². The van der Waals surface area contributed by atoms with Crippen LogP contribution in [0, 0.1) is 0 Å². The molecule has 2 N–H and O–H groups in total. The van der Waals surface area contributed by atoms with E-state index < -0.39 is 6.23 Å². The summed E-state index contributed by atoms with van der Waals surface area (Å²) in [6.45, 7) is 4.13. The summed E-state index contributed by atoms with van der Waals surface area (Å²) < 4.78 is 1.98. The minimum Gasteiger partial charge on any atom is -0.371 e. The van der Waals surface area contributed by atoms with E-state index in [2.05, 4.69) is 53.0 Å². The van der Waals surface area contributed by atoms with Gasteiger partial charge in [-0.15, -0.1) is 0 Å². The summed E-state index contributed by atoms with van der Waals surface area (Å²) in [5.74, 6) is 0. The van der Waals surface area contributed by atoms with Gasteiger partial charge in [0.05, 0.1) is 18.4 Å². The number of halogens is 1. The number of nitrogens with one attached hydrogen (secondary N) is 1. The molecule has 0 spiro atoms. The summed E-state index contributed by atoms with van der Waals surface area (Å²) in [5, 5.41) is 13.8. The Morgan fingerprint density at radius 3 is 2.67 bits per heavy atom. The number of fused-ring (bicyclic) bond motifs is 4. The predicted octanol–water partition coefficient (Wildman–Crippen LogP) is 4.65. The highest BCUT2D eigenvalue weighted by molar-refractivity contribution is 7.80. The number of aromatic nitrogens is 3. The molecule has 1 fully saturated rings. The Hall–Kier alpha value is -2.87. The molecule has 6 rings (SSSR count). The summed E-state index contributed by atoms with van der Waals surface area (Å²) >= 11 is 12.3. The van der Waals surface area contributed by atoms with Crippen molar-refractivity contribution in [3.05, 3.63) is 83.0 Å². The molecule has 2 aliphatic heterocycles. The number of thiocarbonyl (C=S) groups is 1. The molecule has 3 unspecified atom stereocenters. The van der Waals surface area contributed by atoms with Gasteiger partial charge in [0.2, 0.25) is 0 Å².